The van der Waals surface area contributed by atoms with Crippen molar-refractivity contribution in [2.24, 2.45) is 0 Å². The van der Waals surface area contributed by atoms with E-state index in [4.69, 9.17) is 34.8 Å². The largest absolute Gasteiger partial charge is 0.375 e. The fourth-order valence-electron chi connectivity index (χ4n) is 1.59. The molecule has 0 aliphatic carbocycles. The van der Waals surface area contributed by atoms with Crippen LogP contribution in [0.2, 0.25) is 15.1 Å². The smallest absolute Gasteiger partial charge is 0.243 e. The summed E-state index contributed by atoms with van der Waals surface area (Å²) in [5.41, 5.74) is 1.25. The first-order chi connectivity index (χ1) is 9.56. The highest BCUT2D eigenvalue weighted by molar-refractivity contribution is 6.43. The quantitative estimate of drug-likeness (QED) is 0.854. The van der Waals surface area contributed by atoms with Gasteiger partial charge in [0.05, 0.1) is 22.3 Å². The monoisotopic (exact) mass is 328 g/mol. The minimum atomic E-state index is -0.205. The molecule has 0 aliphatic rings. The van der Waals surface area contributed by atoms with Gasteiger partial charge >= 0.3 is 0 Å². The summed E-state index contributed by atoms with van der Waals surface area (Å²) in [5, 5.41) is 7.05. The predicted octanol–water partition coefficient (Wildman–Crippen LogP) is 4.70. The van der Waals surface area contributed by atoms with Crippen molar-refractivity contribution in [3.63, 3.8) is 0 Å². The van der Waals surface area contributed by atoms with Crippen LogP contribution in [0.5, 0.6) is 0 Å². The Hall–Kier alpha value is -1.42. The van der Waals surface area contributed by atoms with E-state index < -0.39 is 0 Å². The van der Waals surface area contributed by atoms with Gasteiger partial charge in [0.2, 0.25) is 5.91 Å². The van der Waals surface area contributed by atoms with Crippen molar-refractivity contribution in [2.75, 3.05) is 17.2 Å². The number of hydrogen-bond donors (Lipinski definition) is 2. The lowest BCUT2D eigenvalue weighted by atomic mass is 10.3. The third-order valence-corrected chi connectivity index (χ3v) is 3.55. The molecule has 0 fully saturated rings. The van der Waals surface area contributed by atoms with Crippen LogP contribution >= 0.6 is 34.8 Å². The molecule has 0 atom stereocenters. The van der Waals surface area contributed by atoms with Gasteiger partial charge in [-0.15, -0.1) is 0 Å². The van der Waals surface area contributed by atoms with Crippen LogP contribution in [0, 0.1) is 0 Å². The maximum absolute atomic E-state index is 11.8. The first kappa shape index (κ1) is 15.0. The van der Waals surface area contributed by atoms with E-state index >= 15 is 0 Å². The molecule has 20 heavy (non-hydrogen) atoms. The van der Waals surface area contributed by atoms with Crippen molar-refractivity contribution in [3.8, 4) is 0 Å². The van der Waals surface area contributed by atoms with Crippen LogP contribution in [-0.2, 0) is 4.79 Å². The van der Waals surface area contributed by atoms with Crippen molar-refractivity contribution in [2.45, 2.75) is 0 Å². The van der Waals surface area contributed by atoms with Crippen LogP contribution in [0.1, 0.15) is 0 Å². The minimum absolute atomic E-state index is 0.0760. The third-order valence-electron chi connectivity index (χ3n) is 2.50. The molecule has 3 nitrogen and oxygen atoms in total. The summed E-state index contributed by atoms with van der Waals surface area (Å²) in [4.78, 5) is 11.8. The van der Waals surface area contributed by atoms with Crippen LogP contribution in [0.25, 0.3) is 0 Å². The van der Waals surface area contributed by atoms with Gasteiger partial charge in [-0.1, -0.05) is 46.9 Å². The molecule has 0 spiro atoms. The van der Waals surface area contributed by atoms with Gasteiger partial charge in [0.1, 0.15) is 0 Å². The summed E-state index contributed by atoms with van der Waals surface area (Å²) in [6.45, 7) is 0.0760. The number of halogens is 3. The third kappa shape index (κ3) is 4.04. The average molecular weight is 330 g/mol. The normalized spacial score (nSPS) is 10.2. The zero-order valence-electron chi connectivity index (χ0n) is 10.3. The summed E-state index contributed by atoms with van der Waals surface area (Å²) in [6, 6.07) is 12.1. The lowest BCUT2D eigenvalue weighted by Crippen LogP contribution is -2.21. The molecule has 0 saturated carbocycles. The van der Waals surface area contributed by atoms with Crippen LogP contribution in [0.15, 0.2) is 42.5 Å². The molecule has 6 heteroatoms. The Labute approximate surface area is 131 Å². The van der Waals surface area contributed by atoms with Gasteiger partial charge in [-0.25, -0.2) is 0 Å². The fourth-order valence-corrected chi connectivity index (χ4v) is 2.14. The van der Waals surface area contributed by atoms with Crippen LogP contribution in [0.4, 0.5) is 11.4 Å². The molecule has 2 aromatic rings. The molecule has 104 valence electrons. The summed E-state index contributed by atoms with van der Waals surface area (Å²) in [7, 11) is 0. The van der Waals surface area contributed by atoms with E-state index in [2.05, 4.69) is 10.6 Å². The van der Waals surface area contributed by atoms with Crippen LogP contribution < -0.4 is 10.6 Å². The summed E-state index contributed by atoms with van der Waals surface area (Å²) in [6.07, 6.45) is 0. The second-order valence-corrected chi connectivity index (χ2v) is 5.24. The second kappa shape index (κ2) is 6.84. The van der Waals surface area contributed by atoms with Crippen LogP contribution in [-0.4, -0.2) is 12.5 Å². The molecular weight excluding hydrogens is 319 g/mol. The number of amides is 1. The lowest BCUT2D eigenvalue weighted by Gasteiger charge is -2.10. The van der Waals surface area contributed by atoms with Gasteiger partial charge in [-0.3, -0.25) is 4.79 Å². The van der Waals surface area contributed by atoms with Crippen molar-refractivity contribution in [1.82, 2.24) is 0 Å². The molecule has 0 aliphatic heterocycles. The SMILES string of the molecule is O=C(CNc1cccc(Cl)c1Cl)Nc1cccc(Cl)c1. The van der Waals surface area contributed by atoms with E-state index in [1.165, 1.54) is 0 Å². The first-order valence-electron chi connectivity index (χ1n) is 5.79. The van der Waals surface area contributed by atoms with E-state index in [-0.39, 0.29) is 12.5 Å². The highest BCUT2D eigenvalue weighted by Gasteiger charge is 2.06. The van der Waals surface area contributed by atoms with Gasteiger partial charge in [-0.05, 0) is 30.3 Å². The molecule has 2 aromatic carbocycles. The summed E-state index contributed by atoms with van der Waals surface area (Å²) in [5.74, 6) is -0.205. The number of benzene rings is 2. The Morgan fingerprint density at radius 1 is 1.05 bits per heavy atom. The van der Waals surface area contributed by atoms with Crippen molar-refractivity contribution < 1.29 is 4.79 Å². The topological polar surface area (TPSA) is 41.1 Å². The number of carbonyl (C=O) groups excluding carboxylic acids is 1. The maximum atomic E-state index is 11.8. The molecule has 2 rings (SSSR count). The highest BCUT2D eigenvalue weighted by atomic mass is 35.5. The Kier molecular flexibility index (Phi) is 5.12. The summed E-state index contributed by atoms with van der Waals surface area (Å²) >= 11 is 17.7. The van der Waals surface area contributed by atoms with E-state index in [1.807, 2.05) is 0 Å². The van der Waals surface area contributed by atoms with E-state index in [9.17, 15) is 4.79 Å². The van der Waals surface area contributed by atoms with Gasteiger partial charge in [0, 0.05) is 10.7 Å². The molecule has 0 radical (unpaired) electrons. The fraction of sp³-hybridized carbons (Fsp3) is 0.0714. The van der Waals surface area contributed by atoms with E-state index in [1.54, 1.807) is 42.5 Å². The minimum Gasteiger partial charge on any atom is -0.375 e. The number of hydrogen-bond acceptors (Lipinski definition) is 2. The molecule has 0 unspecified atom stereocenters. The Balaban J connectivity index is 1.94. The number of carbonyl (C=O) groups is 1. The van der Waals surface area contributed by atoms with Crippen molar-refractivity contribution in [3.05, 3.63) is 57.5 Å². The summed E-state index contributed by atoms with van der Waals surface area (Å²) < 4.78 is 0. The maximum Gasteiger partial charge on any atom is 0.243 e. The highest BCUT2D eigenvalue weighted by Crippen LogP contribution is 2.29. The lowest BCUT2D eigenvalue weighted by molar-refractivity contribution is -0.114. The van der Waals surface area contributed by atoms with Gasteiger partial charge in [0.25, 0.3) is 0 Å². The van der Waals surface area contributed by atoms with Crippen molar-refractivity contribution in [1.29, 1.82) is 0 Å². The molecule has 0 saturated heterocycles. The first-order valence-corrected chi connectivity index (χ1v) is 6.93. The van der Waals surface area contributed by atoms with Gasteiger partial charge < -0.3 is 10.6 Å². The molecule has 0 heterocycles. The van der Waals surface area contributed by atoms with E-state index in [0.29, 0.717) is 26.4 Å². The Morgan fingerprint density at radius 2 is 1.80 bits per heavy atom. The van der Waals surface area contributed by atoms with Crippen molar-refractivity contribution >= 4 is 52.1 Å². The second-order valence-electron chi connectivity index (χ2n) is 4.01. The van der Waals surface area contributed by atoms with Gasteiger partial charge in [-0.2, -0.15) is 0 Å². The zero-order chi connectivity index (χ0) is 14.5. The molecular formula is C14H11Cl3N2O. The molecule has 0 bridgehead atoms. The molecule has 2 N–H and O–H groups in total. The molecule has 0 aromatic heterocycles. The number of anilines is 2. The molecule has 1 amide bonds. The zero-order valence-corrected chi connectivity index (χ0v) is 12.6. The number of rotatable bonds is 4. The standard InChI is InChI=1S/C14H11Cl3N2O/c15-9-3-1-4-10(7-9)19-13(20)8-18-12-6-2-5-11(16)14(12)17/h1-7,18H,8H2,(H,19,20). The Bertz CT molecular complexity index is 632. The number of nitrogens with one attached hydrogen (secondary N) is 2. The predicted molar refractivity (Wildman–Crippen MR) is 85.0 cm³/mol. The van der Waals surface area contributed by atoms with Crippen LogP contribution in [0.3, 0.4) is 0 Å². The Morgan fingerprint density at radius 3 is 2.55 bits per heavy atom. The van der Waals surface area contributed by atoms with E-state index in [0.717, 1.165) is 0 Å². The van der Waals surface area contributed by atoms with Gasteiger partial charge in [0.15, 0.2) is 0 Å². The average Bonchev–Trinajstić information content (AvgIpc) is 2.40.